The summed E-state index contributed by atoms with van der Waals surface area (Å²) >= 11 is 0. The molecule has 4 rings (SSSR count). The van der Waals surface area contributed by atoms with Gasteiger partial charge in [-0.15, -0.1) is 0 Å². The van der Waals surface area contributed by atoms with Crippen molar-refractivity contribution in [3.05, 3.63) is 18.0 Å². The van der Waals surface area contributed by atoms with Gasteiger partial charge in [-0.1, -0.05) is 0 Å². The van der Waals surface area contributed by atoms with E-state index in [9.17, 15) is 23.4 Å². The highest BCUT2D eigenvalue weighted by Gasteiger charge is 2.32. The Bertz CT molecular complexity index is 913. The van der Waals surface area contributed by atoms with Crippen molar-refractivity contribution in [3.8, 4) is 5.88 Å². The second-order valence-corrected chi connectivity index (χ2v) is 8.71. The number of halogens is 3. The van der Waals surface area contributed by atoms with E-state index in [0.29, 0.717) is 42.5 Å². The van der Waals surface area contributed by atoms with Crippen LogP contribution in [0.5, 0.6) is 5.88 Å². The lowest BCUT2D eigenvalue weighted by Crippen LogP contribution is -2.37. The molecule has 2 aromatic rings. The summed E-state index contributed by atoms with van der Waals surface area (Å²) in [6, 6.07) is -0.875. The van der Waals surface area contributed by atoms with E-state index in [0.717, 1.165) is 18.4 Å². The van der Waals surface area contributed by atoms with Crippen LogP contribution in [0.1, 0.15) is 63.4 Å². The van der Waals surface area contributed by atoms with Crippen molar-refractivity contribution in [2.45, 2.75) is 88.3 Å². The van der Waals surface area contributed by atoms with E-state index in [1.54, 1.807) is 6.20 Å². The first kappa shape index (κ1) is 22.0. The van der Waals surface area contributed by atoms with Crippen molar-refractivity contribution in [2.75, 3.05) is 5.32 Å². The van der Waals surface area contributed by atoms with E-state index in [2.05, 4.69) is 20.3 Å². The SMILES string of the molecule is C[C@@H](CC(F)(F)F)Nc1ncc2c(OC3CC(O)C3)ncc(C3CCC(O)CC3)c2n1. The second kappa shape index (κ2) is 8.74. The number of hydrogen-bond acceptors (Lipinski definition) is 7. The number of hydrogen-bond donors (Lipinski definition) is 3. The van der Waals surface area contributed by atoms with Gasteiger partial charge in [0.25, 0.3) is 0 Å². The molecule has 10 heteroatoms. The molecule has 0 aliphatic heterocycles. The molecule has 2 fully saturated rings. The number of nitrogens with zero attached hydrogens (tertiary/aromatic N) is 3. The number of rotatable bonds is 6. The molecule has 2 aromatic heterocycles. The fraction of sp³-hybridized carbons (Fsp3) is 0.667. The minimum absolute atomic E-state index is 0.123. The van der Waals surface area contributed by atoms with Gasteiger partial charge in [0.15, 0.2) is 0 Å². The van der Waals surface area contributed by atoms with Crippen LogP contribution in [0.3, 0.4) is 0 Å². The Kier molecular flexibility index (Phi) is 6.20. The van der Waals surface area contributed by atoms with Gasteiger partial charge in [-0.25, -0.2) is 15.0 Å². The van der Waals surface area contributed by atoms with Crippen LogP contribution in [0.15, 0.2) is 12.4 Å². The lowest BCUT2D eigenvalue weighted by Gasteiger charge is -2.31. The van der Waals surface area contributed by atoms with Gasteiger partial charge in [-0.2, -0.15) is 13.2 Å². The highest BCUT2D eigenvalue weighted by Crippen LogP contribution is 2.38. The lowest BCUT2D eigenvalue weighted by molar-refractivity contribution is -0.136. The summed E-state index contributed by atoms with van der Waals surface area (Å²) in [5.41, 5.74) is 1.49. The molecule has 0 bridgehead atoms. The first-order valence-electron chi connectivity index (χ1n) is 10.7. The zero-order valence-electron chi connectivity index (χ0n) is 17.3. The first-order valence-corrected chi connectivity index (χ1v) is 10.7. The molecule has 0 aromatic carbocycles. The Morgan fingerprint density at radius 1 is 1.10 bits per heavy atom. The largest absolute Gasteiger partial charge is 0.474 e. The molecule has 0 spiro atoms. The summed E-state index contributed by atoms with van der Waals surface area (Å²) in [5.74, 6) is 0.632. The van der Waals surface area contributed by atoms with Crippen molar-refractivity contribution in [1.82, 2.24) is 15.0 Å². The minimum Gasteiger partial charge on any atom is -0.474 e. The number of fused-ring (bicyclic) bond motifs is 1. The topological polar surface area (TPSA) is 100 Å². The van der Waals surface area contributed by atoms with Crippen LogP contribution >= 0.6 is 0 Å². The van der Waals surface area contributed by atoms with Crippen LogP contribution in [-0.4, -0.2) is 55.7 Å². The lowest BCUT2D eigenvalue weighted by atomic mass is 9.83. The monoisotopic (exact) mass is 440 g/mol. The summed E-state index contributed by atoms with van der Waals surface area (Å²) in [4.78, 5) is 13.2. The number of anilines is 1. The van der Waals surface area contributed by atoms with E-state index in [1.807, 2.05) is 0 Å². The average Bonchev–Trinajstić information content (AvgIpc) is 2.66. The van der Waals surface area contributed by atoms with Crippen LogP contribution in [0.2, 0.25) is 0 Å². The van der Waals surface area contributed by atoms with Gasteiger partial charge in [-0.3, -0.25) is 0 Å². The van der Waals surface area contributed by atoms with Crippen LogP contribution < -0.4 is 10.1 Å². The summed E-state index contributed by atoms with van der Waals surface area (Å²) in [5, 5.41) is 22.7. The number of aromatic nitrogens is 3. The number of pyridine rings is 1. The molecule has 2 aliphatic rings. The van der Waals surface area contributed by atoms with E-state index in [1.165, 1.54) is 13.1 Å². The van der Waals surface area contributed by atoms with Gasteiger partial charge in [-0.05, 0) is 38.5 Å². The van der Waals surface area contributed by atoms with Gasteiger partial charge < -0.3 is 20.3 Å². The molecule has 3 N–H and O–H groups in total. The Morgan fingerprint density at radius 3 is 2.45 bits per heavy atom. The standard InChI is InChI=1S/C21H27F3N4O3/c1-11(8-21(22,23)24)27-20-26-10-17-18(28-20)16(12-2-4-13(29)5-3-12)9-25-19(17)31-15-6-14(30)7-15/h9-15,29-30H,2-8H2,1H3,(H,26,27,28)/t11-,12?,13?,14?,15?/m0/s1. The molecule has 170 valence electrons. The zero-order chi connectivity index (χ0) is 22.2. The van der Waals surface area contributed by atoms with Gasteiger partial charge in [0, 0.05) is 36.8 Å². The van der Waals surface area contributed by atoms with E-state index >= 15 is 0 Å². The van der Waals surface area contributed by atoms with Gasteiger partial charge in [0.1, 0.15) is 6.10 Å². The van der Waals surface area contributed by atoms with E-state index in [4.69, 9.17) is 4.74 Å². The third-order valence-electron chi connectivity index (χ3n) is 6.01. The molecule has 0 unspecified atom stereocenters. The number of ether oxygens (including phenoxy) is 1. The number of alkyl halides is 3. The third-order valence-corrected chi connectivity index (χ3v) is 6.01. The fourth-order valence-corrected chi connectivity index (χ4v) is 4.28. The first-order chi connectivity index (χ1) is 14.7. The molecule has 0 amide bonds. The number of aliphatic hydroxyl groups is 2. The molecular weight excluding hydrogens is 413 g/mol. The molecular formula is C21H27F3N4O3. The summed E-state index contributed by atoms with van der Waals surface area (Å²) in [7, 11) is 0. The zero-order valence-corrected chi connectivity index (χ0v) is 17.3. The molecule has 2 aliphatic carbocycles. The van der Waals surface area contributed by atoms with Crippen molar-refractivity contribution >= 4 is 16.9 Å². The highest BCUT2D eigenvalue weighted by atomic mass is 19.4. The number of aliphatic hydroxyl groups excluding tert-OH is 2. The Labute approximate surface area is 178 Å². The molecule has 1 atom stereocenters. The normalized spacial score (nSPS) is 27.5. The van der Waals surface area contributed by atoms with Crippen LogP contribution in [-0.2, 0) is 0 Å². The van der Waals surface area contributed by atoms with E-state index < -0.39 is 18.6 Å². The maximum absolute atomic E-state index is 12.7. The third kappa shape index (κ3) is 5.35. The average molecular weight is 440 g/mol. The van der Waals surface area contributed by atoms with Crippen molar-refractivity contribution in [2.24, 2.45) is 0 Å². The maximum atomic E-state index is 12.7. The maximum Gasteiger partial charge on any atom is 0.391 e. The highest BCUT2D eigenvalue weighted by molar-refractivity contribution is 5.86. The van der Waals surface area contributed by atoms with Crippen molar-refractivity contribution < 1.29 is 28.1 Å². The van der Waals surface area contributed by atoms with Gasteiger partial charge in [0.2, 0.25) is 11.8 Å². The smallest absolute Gasteiger partial charge is 0.391 e. The van der Waals surface area contributed by atoms with Crippen LogP contribution in [0.25, 0.3) is 10.9 Å². The summed E-state index contributed by atoms with van der Waals surface area (Å²) < 4.78 is 44.0. The van der Waals surface area contributed by atoms with E-state index in [-0.39, 0.29) is 30.2 Å². The Hall–Kier alpha value is -2.20. The summed E-state index contributed by atoms with van der Waals surface area (Å²) in [6.07, 6.45) is 1.15. The molecule has 2 saturated carbocycles. The van der Waals surface area contributed by atoms with Crippen LogP contribution in [0, 0.1) is 0 Å². The van der Waals surface area contributed by atoms with Crippen molar-refractivity contribution in [1.29, 1.82) is 0 Å². The number of nitrogens with one attached hydrogen (secondary N) is 1. The molecule has 0 saturated heterocycles. The molecule has 0 radical (unpaired) electrons. The second-order valence-electron chi connectivity index (χ2n) is 8.71. The molecule has 2 heterocycles. The summed E-state index contributed by atoms with van der Waals surface area (Å²) in [6.45, 7) is 1.44. The van der Waals surface area contributed by atoms with Gasteiger partial charge in [0.05, 0.1) is 29.5 Å². The Morgan fingerprint density at radius 2 is 1.81 bits per heavy atom. The fourth-order valence-electron chi connectivity index (χ4n) is 4.28. The predicted molar refractivity (Wildman–Crippen MR) is 108 cm³/mol. The molecule has 31 heavy (non-hydrogen) atoms. The predicted octanol–water partition coefficient (Wildman–Crippen LogP) is 3.70. The minimum atomic E-state index is -4.28. The van der Waals surface area contributed by atoms with Crippen LogP contribution in [0.4, 0.5) is 19.1 Å². The quantitative estimate of drug-likeness (QED) is 0.630. The van der Waals surface area contributed by atoms with Crippen molar-refractivity contribution in [3.63, 3.8) is 0 Å². The Balaban J connectivity index is 1.64. The molecule has 7 nitrogen and oxygen atoms in total. The van der Waals surface area contributed by atoms with Gasteiger partial charge >= 0.3 is 6.18 Å².